The van der Waals surface area contributed by atoms with Gasteiger partial charge in [0.15, 0.2) is 5.76 Å². The van der Waals surface area contributed by atoms with Crippen molar-refractivity contribution in [2.45, 2.75) is 0 Å². The molecule has 0 saturated heterocycles. The van der Waals surface area contributed by atoms with Crippen molar-refractivity contribution < 1.29 is 14.1 Å². The normalized spacial score (nSPS) is 10.6. The summed E-state index contributed by atoms with van der Waals surface area (Å²) in [5.74, 6) is -0.428. The maximum Gasteiger partial charge on any atom is 0.291 e. The highest BCUT2D eigenvalue weighted by Crippen LogP contribution is 2.28. The van der Waals surface area contributed by atoms with Crippen molar-refractivity contribution in [3.05, 3.63) is 69.4 Å². The molecule has 1 heterocycles. The van der Waals surface area contributed by atoms with Crippen molar-refractivity contribution in [1.29, 1.82) is 0 Å². The van der Waals surface area contributed by atoms with Gasteiger partial charge in [0.2, 0.25) is 0 Å². The molecule has 0 aliphatic heterocycles. The third-order valence-electron chi connectivity index (χ3n) is 3.06. The summed E-state index contributed by atoms with van der Waals surface area (Å²) in [5, 5.41) is 14.3. The summed E-state index contributed by atoms with van der Waals surface area (Å²) in [4.78, 5) is 22.4. The van der Waals surface area contributed by atoms with Crippen molar-refractivity contribution in [1.82, 2.24) is 0 Å². The van der Waals surface area contributed by atoms with E-state index in [0.717, 1.165) is 5.39 Å². The van der Waals surface area contributed by atoms with E-state index in [2.05, 4.69) is 5.32 Å². The number of hydrogen-bond donors (Lipinski definition) is 1. The van der Waals surface area contributed by atoms with Crippen LogP contribution in [-0.2, 0) is 0 Å². The van der Waals surface area contributed by atoms with Crippen LogP contribution in [-0.4, -0.2) is 10.8 Å². The Morgan fingerprint density at radius 1 is 1.18 bits per heavy atom. The van der Waals surface area contributed by atoms with Crippen LogP contribution < -0.4 is 5.32 Å². The average molecular weight is 317 g/mol. The number of non-ortho nitro benzene ring substituents is 1. The van der Waals surface area contributed by atoms with E-state index in [1.807, 2.05) is 12.1 Å². The van der Waals surface area contributed by atoms with Gasteiger partial charge in [0.1, 0.15) is 5.58 Å². The smallest absolute Gasteiger partial charge is 0.291 e. The lowest BCUT2D eigenvalue weighted by Gasteiger charge is -2.05. The molecule has 0 atom stereocenters. The van der Waals surface area contributed by atoms with Gasteiger partial charge in [0, 0.05) is 17.5 Å². The molecule has 3 rings (SSSR count). The largest absolute Gasteiger partial charge is 0.451 e. The number of carbonyl (C=O) groups is 1. The predicted octanol–water partition coefficient (Wildman–Crippen LogP) is 4.25. The molecule has 0 spiro atoms. The monoisotopic (exact) mass is 316 g/mol. The molecule has 3 aromatic rings. The van der Waals surface area contributed by atoms with Crippen LogP contribution in [0.15, 0.2) is 52.9 Å². The Hall–Kier alpha value is -2.86. The van der Waals surface area contributed by atoms with Crippen LogP contribution in [0.2, 0.25) is 5.02 Å². The third-order valence-corrected chi connectivity index (χ3v) is 3.39. The molecule has 110 valence electrons. The van der Waals surface area contributed by atoms with Crippen molar-refractivity contribution in [3.8, 4) is 0 Å². The molecule has 7 heteroatoms. The number of fused-ring (bicyclic) bond motifs is 1. The number of halogens is 1. The summed E-state index contributed by atoms with van der Waals surface area (Å²) in [7, 11) is 0. The van der Waals surface area contributed by atoms with Crippen LogP contribution >= 0.6 is 11.6 Å². The van der Waals surface area contributed by atoms with Gasteiger partial charge in [-0.25, -0.2) is 0 Å². The quantitative estimate of drug-likeness (QED) is 0.578. The lowest BCUT2D eigenvalue weighted by atomic mass is 10.2. The molecule has 22 heavy (non-hydrogen) atoms. The second-order valence-corrected chi connectivity index (χ2v) is 4.93. The molecule has 0 aliphatic carbocycles. The minimum absolute atomic E-state index is 0.101. The first-order chi connectivity index (χ1) is 10.5. The number of hydrogen-bond acceptors (Lipinski definition) is 4. The van der Waals surface area contributed by atoms with E-state index in [1.54, 1.807) is 18.2 Å². The molecule has 1 aromatic heterocycles. The molecule has 2 aromatic carbocycles. The van der Waals surface area contributed by atoms with Crippen molar-refractivity contribution in [2.24, 2.45) is 0 Å². The van der Waals surface area contributed by atoms with Gasteiger partial charge in [-0.05, 0) is 18.2 Å². The van der Waals surface area contributed by atoms with Gasteiger partial charge in [0.25, 0.3) is 11.6 Å². The SMILES string of the molecule is O=C(Nc1cc([N+](=O)[O-])ccc1Cl)c1cc2ccccc2o1. The Morgan fingerprint density at radius 2 is 1.95 bits per heavy atom. The van der Waals surface area contributed by atoms with E-state index in [4.69, 9.17) is 16.0 Å². The zero-order valence-corrected chi connectivity index (χ0v) is 11.8. The Balaban J connectivity index is 1.90. The van der Waals surface area contributed by atoms with Gasteiger partial charge in [-0.1, -0.05) is 29.8 Å². The lowest BCUT2D eigenvalue weighted by molar-refractivity contribution is -0.384. The molecule has 0 unspecified atom stereocenters. The van der Waals surface area contributed by atoms with Crippen LogP contribution in [0.3, 0.4) is 0 Å². The fourth-order valence-electron chi connectivity index (χ4n) is 2.00. The molecule has 1 N–H and O–H groups in total. The Bertz CT molecular complexity index is 855. The van der Waals surface area contributed by atoms with Gasteiger partial charge in [-0.3, -0.25) is 14.9 Å². The van der Waals surface area contributed by atoms with E-state index in [0.29, 0.717) is 5.58 Å². The first-order valence-electron chi connectivity index (χ1n) is 6.28. The molecule has 0 radical (unpaired) electrons. The van der Waals surface area contributed by atoms with Crippen LogP contribution in [0.4, 0.5) is 11.4 Å². The topological polar surface area (TPSA) is 85.4 Å². The number of nitrogens with one attached hydrogen (secondary N) is 1. The van der Waals surface area contributed by atoms with Gasteiger partial charge in [-0.15, -0.1) is 0 Å². The standard InChI is InChI=1S/C15H9ClN2O4/c16-11-6-5-10(18(20)21)8-12(11)17-15(19)14-7-9-3-1-2-4-13(9)22-14/h1-8H,(H,17,19). The number of benzene rings is 2. The number of rotatable bonds is 3. The number of amides is 1. The van der Waals surface area contributed by atoms with Crippen molar-refractivity contribution in [3.63, 3.8) is 0 Å². The second-order valence-electron chi connectivity index (χ2n) is 4.52. The minimum atomic E-state index is -0.562. The minimum Gasteiger partial charge on any atom is -0.451 e. The fourth-order valence-corrected chi connectivity index (χ4v) is 2.17. The number of nitro groups is 1. The molecule has 0 aliphatic rings. The average Bonchev–Trinajstić information content (AvgIpc) is 2.93. The first kappa shape index (κ1) is 14.1. The molecular weight excluding hydrogens is 308 g/mol. The number of para-hydroxylation sites is 1. The molecule has 0 bridgehead atoms. The first-order valence-corrected chi connectivity index (χ1v) is 6.66. The molecule has 6 nitrogen and oxygen atoms in total. The third kappa shape index (κ3) is 2.64. The van der Waals surface area contributed by atoms with E-state index in [-0.39, 0.29) is 22.2 Å². The number of furan rings is 1. The number of carbonyl (C=O) groups excluding carboxylic acids is 1. The van der Waals surface area contributed by atoms with Crippen molar-refractivity contribution >= 4 is 39.9 Å². The van der Waals surface area contributed by atoms with E-state index >= 15 is 0 Å². The van der Waals surface area contributed by atoms with Crippen molar-refractivity contribution in [2.75, 3.05) is 5.32 Å². The fraction of sp³-hybridized carbons (Fsp3) is 0. The Kier molecular flexibility index (Phi) is 3.52. The molecule has 0 fully saturated rings. The zero-order chi connectivity index (χ0) is 15.7. The van der Waals surface area contributed by atoms with Crippen LogP contribution in [0.25, 0.3) is 11.0 Å². The number of anilines is 1. The molecule has 1 amide bonds. The maximum atomic E-state index is 12.2. The van der Waals surface area contributed by atoms with Gasteiger partial charge in [0.05, 0.1) is 15.6 Å². The van der Waals surface area contributed by atoms with E-state index in [1.165, 1.54) is 18.2 Å². The predicted molar refractivity (Wildman–Crippen MR) is 82.3 cm³/mol. The summed E-state index contributed by atoms with van der Waals surface area (Å²) in [5.41, 5.74) is 0.573. The summed E-state index contributed by atoms with van der Waals surface area (Å²) >= 11 is 5.94. The Labute approximate surface area is 129 Å². The van der Waals surface area contributed by atoms with E-state index < -0.39 is 10.8 Å². The summed E-state index contributed by atoms with van der Waals surface area (Å²) in [6.07, 6.45) is 0. The number of nitrogens with zero attached hydrogens (tertiary/aromatic N) is 1. The molecular formula is C15H9ClN2O4. The van der Waals surface area contributed by atoms with Gasteiger partial charge < -0.3 is 9.73 Å². The highest BCUT2D eigenvalue weighted by molar-refractivity contribution is 6.34. The van der Waals surface area contributed by atoms with Gasteiger partial charge >= 0.3 is 0 Å². The Morgan fingerprint density at radius 3 is 2.68 bits per heavy atom. The summed E-state index contributed by atoms with van der Waals surface area (Å²) in [6, 6.07) is 12.6. The molecule has 0 saturated carbocycles. The van der Waals surface area contributed by atoms with Gasteiger partial charge in [-0.2, -0.15) is 0 Å². The second kappa shape index (κ2) is 5.50. The zero-order valence-electron chi connectivity index (χ0n) is 11.1. The summed E-state index contributed by atoms with van der Waals surface area (Å²) < 4.78 is 5.43. The summed E-state index contributed by atoms with van der Waals surface area (Å²) in [6.45, 7) is 0. The van der Waals surface area contributed by atoms with Crippen LogP contribution in [0.1, 0.15) is 10.6 Å². The van der Waals surface area contributed by atoms with Crippen LogP contribution in [0.5, 0.6) is 0 Å². The number of nitro benzene ring substituents is 1. The lowest BCUT2D eigenvalue weighted by Crippen LogP contribution is -2.11. The van der Waals surface area contributed by atoms with E-state index in [9.17, 15) is 14.9 Å². The maximum absolute atomic E-state index is 12.2. The highest BCUT2D eigenvalue weighted by Gasteiger charge is 2.16. The highest BCUT2D eigenvalue weighted by atomic mass is 35.5. The van der Waals surface area contributed by atoms with Crippen LogP contribution in [0, 0.1) is 10.1 Å².